The highest BCUT2D eigenvalue weighted by atomic mass is 32.2. The van der Waals surface area contributed by atoms with E-state index in [9.17, 15) is 9.90 Å². The van der Waals surface area contributed by atoms with Crippen molar-refractivity contribution in [3.8, 4) is 5.75 Å². The monoisotopic (exact) mass is 485 g/mol. The molecule has 0 saturated carbocycles. The molecule has 1 aromatic carbocycles. The Kier molecular flexibility index (Phi) is 8.11. The number of fused-ring (bicyclic) bond motifs is 1. The molecule has 0 amide bonds. The van der Waals surface area contributed by atoms with Crippen molar-refractivity contribution in [3.63, 3.8) is 0 Å². The molecule has 0 spiro atoms. The molecule has 2 aromatic heterocycles. The number of methoxy groups -OCH3 is 1. The minimum atomic E-state index is -1.17. The van der Waals surface area contributed by atoms with Gasteiger partial charge in [0.15, 0.2) is 0 Å². The van der Waals surface area contributed by atoms with E-state index in [2.05, 4.69) is 22.1 Å². The lowest BCUT2D eigenvalue weighted by atomic mass is 9.81. The fourth-order valence-electron chi connectivity index (χ4n) is 4.81. The molecule has 0 unspecified atom stereocenters. The van der Waals surface area contributed by atoms with Crippen LogP contribution in [0.2, 0.25) is 0 Å². The Morgan fingerprint density at radius 1 is 1.35 bits per heavy atom. The van der Waals surface area contributed by atoms with Crippen LogP contribution in [0.1, 0.15) is 31.0 Å². The molecule has 3 heterocycles. The number of halogens is 1. The van der Waals surface area contributed by atoms with E-state index in [1.807, 2.05) is 36.0 Å². The van der Waals surface area contributed by atoms with Crippen molar-refractivity contribution in [2.45, 2.75) is 30.3 Å². The second-order valence-corrected chi connectivity index (χ2v) is 10.2. The minimum Gasteiger partial charge on any atom is -0.497 e. The van der Waals surface area contributed by atoms with Gasteiger partial charge in [0.2, 0.25) is 0 Å². The number of aromatic nitrogens is 2. The number of carboxylic acids is 1. The molecule has 34 heavy (non-hydrogen) atoms. The zero-order chi connectivity index (χ0) is 24.1. The summed E-state index contributed by atoms with van der Waals surface area (Å²) in [7, 11) is 3.59. The lowest BCUT2D eigenvalue weighted by Crippen LogP contribution is -2.44. The fourth-order valence-corrected chi connectivity index (χ4v) is 5.80. The van der Waals surface area contributed by atoms with Crippen molar-refractivity contribution in [3.05, 3.63) is 54.5 Å². The second-order valence-electron chi connectivity index (χ2n) is 8.98. The van der Waals surface area contributed by atoms with E-state index in [1.165, 1.54) is 4.90 Å². The summed E-state index contributed by atoms with van der Waals surface area (Å²) in [5, 5.41) is 10.6. The number of likely N-dealkylation sites (tertiary alicyclic amines) is 1. The van der Waals surface area contributed by atoms with Crippen molar-refractivity contribution < 1.29 is 19.0 Å². The van der Waals surface area contributed by atoms with Crippen molar-refractivity contribution in [1.29, 1.82) is 0 Å². The van der Waals surface area contributed by atoms with Gasteiger partial charge in [-0.2, -0.15) is 0 Å². The quantitative estimate of drug-likeness (QED) is 0.399. The van der Waals surface area contributed by atoms with Crippen LogP contribution >= 0.6 is 11.8 Å². The summed E-state index contributed by atoms with van der Waals surface area (Å²) >= 11 is 1.79. The Morgan fingerprint density at radius 3 is 2.94 bits per heavy atom. The maximum atomic E-state index is 15.4. The van der Waals surface area contributed by atoms with E-state index < -0.39 is 18.1 Å². The number of ether oxygens (including phenoxy) is 1. The number of aryl methyl sites for hydroxylation is 1. The molecule has 1 N–H and O–H groups in total. The minimum absolute atomic E-state index is 0.0172. The second kappa shape index (κ2) is 11.2. The molecule has 4 rings (SSSR count). The van der Waals surface area contributed by atoms with Crippen LogP contribution in [0.25, 0.3) is 10.9 Å². The van der Waals surface area contributed by atoms with Gasteiger partial charge in [0.25, 0.3) is 0 Å². The lowest BCUT2D eigenvalue weighted by Gasteiger charge is -2.36. The Bertz CT molecular complexity index is 1120. The highest BCUT2D eigenvalue weighted by Gasteiger charge is 2.34. The number of pyridine rings is 1. The number of carboxylic acid groups (broad SMARTS) is 1. The Morgan fingerprint density at radius 2 is 2.21 bits per heavy atom. The van der Waals surface area contributed by atoms with E-state index >= 15 is 4.39 Å². The molecule has 1 fully saturated rings. The highest BCUT2D eigenvalue weighted by Crippen LogP contribution is 2.35. The van der Waals surface area contributed by atoms with Gasteiger partial charge in [0, 0.05) is 54.8 Å². The summed E-state index contributed by atoms with van der Waals surface area (Å²) in [4.78, 5) is 19.8. The van der Waals surface area contributed by atoms with Gasteiger partial charge >= 0.3 is 5.97 Å². The molecule has 0 aliphatic carbocycles. The molecule has 0 bridgehead atoms. The molecule has 8 heteroatoms. The molecule has 182 valence electrons. The number of carbonyl (C=O) groups is 1. The first-order valence-corrected chi connectivity index (χ1v) is 12.7. The first kappa shape index (κ1) is 24.5. The van der Waals surface area contributed by atoms with Crippen molar-refractivity contribution >= 4 is 28.6 Å². The van der Waals surface area contributed by atoms with Gasteiger partial charge in [-0.05, 0) is 67.6 Å². The number of thioether (sulfide) groups is 1. The van der Waals surface area contributed by atoms with E-state index in [0.717, 1.165) is 36.2 Å². The van der Waals surface area contributed by atoms with Gasteiger partial charge in [-0.1, -0.05) is 0 Å². The molecular formula is C26H32FN3O3S. The average molecular weight is 486 g/mol. The molecule has 1 saturated heterocycles. The number of alkyl halides is 1. The summed E-state index contributed by atoms with van der Waals surface area (Å²) < 4.78 is 22.7. The number of nitrogens with zero attached hydrogens (tertiary/aromatic N) is 3. The first-order valence-electron chi connectivity index (χ1n) is 11.7. The van der Waals surface area contributed by atoms with Crippen molar-refractivity contribution in [1.82, 2.24) is 14.5 Å². The highest BCUT2D eigenvalue weighted by molar-refractivity contribution is 7.99. The zero-order valence-corrected chi connectivity index (χ0v) is 20.5. The molecule has 3 aromatic rings. The number of rotatable bonds is 10. The Hall–Kier alpha value is -2.58. The van der Waals surface area contributed by atoms with Crippen LogP contribution in [-0.2, 0) is 11.8 Å². The molecular weight excluding hydrogens is 453 g/mol. The third kappa shape index (κ3) is 5.91. The average Bonchev–Trinajstić information content (AvgIpc) is 3.26. The van der Waals surface area contributed by atoms with Crippen LogP contribution in [0.15, 0.2) is 53.8 Å². The SMILES string of the molecule is COc1ccc2nccc([C@H](F)CC[C@@H]3CCN(CCSc4ccn(C)c4)C[C@@H]3C(=O)O)c2c1. The molecule has 3 atom stereocenters. The maximum absolute atomic E-state index is 15.4. The van der Waals surface area contributed by atoms with Crippen LogP contribution in [-0.4, -0.2) is 58.0 Å². The number of benzene rings is 1. The number of piperidine rings is 1. The molecule has 1 aliphatic rings. The van der Waals surface area contributed by atoms with Gasteiger partial charge < -0.3 is 19.3 Å². The summed E-state index contributed by atoms with van der Waals surface area (Å²) in [6.45, 7) is 2.24. The Balaban J connectivity index is 1.33. The lowest BCUT2D eigenvalue weighted by molar-refractivity contribution is -0.146. The third-order valence-electron chi connectivity index (χ3n) is 6.75. The molecule has 6 nitrogen and oxygen atoms in total. The summed E-state index contributed by atoms with van der Waals surface area (Å²) in [5.41, 5.74) is 1.32. The van der Waals surface area contributed by atoms with E-state index in [-0.39, 0.29) is 5.92 Å². The van der Waals surface area contributed by atoms with Crippen LogP contribution in [0.3, 0.4) is 0 Å². The smallest absolute Gasteiger partial charge is 0.308 e. The van der Waals surface area contributed by atoms with E-state index in [4.69, 9.17) is 4.74 Å². The van der Waals surface area contributed by atoms with Gasteiger partial charge in [0.1, 0.15) is 11.9 Å². The molecule has 1 aliphatic heterocycles. The Labute approximate surface area is 204 Å². The van der Waals surface area contributed by atoms with Crippen LogP contribution in [0.5, 0.6) is 5.75 Å². The van der Waals surface area contributed by atoms with E-state index in [1.54, 1.807) is 31.1 Å². The van der Waals surface area contributed by atoms with Gasteiger partial charge in [0.05, 0.1) is 18.5 Å². The zero-order valence-electron chi connectivity index (χ0n) is 19.7. The third-order valence-corrected chi connectivity index (χ3v) is 7.71. The van der Waals surface area contributed by atoms with E-state index in [0.29, 0.717) is 30.7 Å². The maximum Gasteiger partial charge on any atom is 0.308 e. The fraction of sp³-hybridized carbons (Fsp3) is 0.462. The van der Waals surface area contributed by atoms with Crippen LogP contribution in [0, 0.1) is 11.8 Å². The summed E-state index contributed by atoms with van der Waals surface area (Å²) in [6, 6.07) is 9.27. The number of hydrogen-bond acceptors (Lipinski definition) is 5. The van der Waals surface area contributed by atoms with Crippen LogP contribution in [0.4, 0.5) is 4.39 Å². The summed E-state index contributed by atoms with van der Waals surface area (Å²) in [5.74, 6) is 0.331. The summed E-state index contributed by atoms with van der Waals surface area (Å²) in [6.07, 6.45) is 6.21. The van der Waals surface area contributed by atoms with Crippen molar-refractivity contribution in [2.24, 2.45) is 18.9 Å². The van der Waals surface area contributed by atoms with Crippen LogP contribution < -0.4 is 4.74 Å². The van der Waals surface area contributed by atoms with Gasteiger partial charge in [-0.3, -0.25) is 9.78 Å². The number of aliphatic carboxylic acids is 1. The normalized spacial score (nSPS) is 19.9. The standard InChI is InChI=1S/C26H32FN3O3S/c1-29-11-9-20(16-29)34-14-13-30-12-8-18(23(17-30)26(31)32)3-5-24(27)21-7-10-28-25-6-4-19(33-2)15-22(21)25/h4,6-7,9-11,15-16,18,23-24H,3,5,8,12-14,17H2,1-2H3,(H,31,32)/t18-,23+,24-/m1/s1. The predicted molar refractivity (Wildman–Crippen MR) is 133 cm³/mol. The predicted octanol–water partition coefficient (Wildman–Crippen LogP) is 5.19. The van der Waals surface area contributed by atoms with Gasteiger partial charge in [-0.25, -0.2) is 4.39 Å². The van der Waals surface area contributed by atoms with Crippen molar-refractivity contribution in [2.75, 3.05) is 32.5 Å². The van der Waals surface area contributed by atoms with Gasteiger partial charge in [-0.15, -0.1) is 11.8 Å². The number of hydrogen-bond donors (Lipinski definition) is 1. The largest absolute Gasteiger partial charge is 0.497 e. The first-order chi connectivity index (χ1) is 16.4. The molecule has 0 radical (unpaired) electrons. The topological polar surface area (TPSA) is 67.6 Å².